The Morgan fingerprint density at radius 3 is 2.43 bits per heavy atom. The monoisotopic (exact) mass is 141 g/mol. The van der Waals surface area contributed by atoms with Crippen LogP contribution in [0.2, 0.25) is 0 Å². The standard InChI is InChI=1S/C5H4N.Cu/c1-2-4-6-5-3-1;/h1-2,4-5H;/q-1;+1. The van der Waals surface area contributed by atoms with E-state index < -0.39 is 0 Å². The maximum atomic E-state index is 3.73. The van der Waals surface area contributed by atoms with Gasteiger partial charge in [0.2, 0.25) is 0 Å². The zero-order valence-electron chi connectivity index (χ0n) is 3.56. The first kappa shape index (κ1) is 6.67. The predicted octanol–water partition coefficient (Wildman–Crippen LogP) is 0.879. The van der Waals surface area contributed by atoms with Crippen LogP contribution in [0.25, 0.3) is 0 Å². The van der Waals surface area contributed by atoms with Crippen LogP contribution in [0.1, 0.15) is 0 Å². The number of aromatic nitrogens is 1. The van der Waals surface area contributed by atoms with Crippen molar-refractivity contribution in [2.45, 2.75) is 0 Å². The second-order valence-electron chi connectivity index (χ2n) is 0.953. The second-order valence-corrected chi connectivity index (χ2v) is 0.953. The smallest absolute Gasteiger partial charge is 0.304 e. The molecule has 0 atom stereocenters. The summed E-state index contributed by atoms with van der Waals surface area (Å²) in [6.07, 6.45) is 3.34. The van der Waals surface area contributed by atoms with Crippen LogP contribution < -0.4 is 0 Å². The van der Waals surface area contributed by atoms with Crippen LogP contribution in [0.5, 0.6) is 0 Å². The van der Waals surface area contributed by atoms with Crippen LogP contribution in [-0.2, 0) is 17.1 Å². The Morgan fingerprint density at radius 2 is 2.29 bits per heavy atom. The molecule has 0 saturated carbocycles. The van der Waals surface area contributed by atoms with E-state index in [9.17, 15) is 0 Å². The van der Waals surface area contributed by atoms with Crippen molar-refractivity contribution in [2.24, 2.45) is 0 Å². The molecule has 0 unspecified atom stereocenters. The number of hydrogen-bond acceptors (Lipinski definition) is 1. The Kier molecular flexibility index (Phi) is 3.66. The van der Waals surface area contributed by atoms with Crippen molar-refractivity contribution in [1.82, 2.24) is 4.98 Å². The summed E-state index contributed by atoms with van der Waals surface area (Å²) < 4.78 is 0. The van der Waals surface area contributed by atoms with Gasteiger partial charge in [-0.25, -0.2) is 12.1 Å². The molecule has 0 fully saturated rings. The Hall–Kier alpha value is -0.331. The van der Waals surface area contributed by atoms with Gasteiger partial charge in [-0.15, -0.1) is 0 Å². The molecule has 0 aliphatic carbocycles. The summed E-state index contributed by atoms with van der Waals surface area (Å²) in [6.45, 7) is 0. The summed E-state index contributed by atoms with van der Waals surface area (Å²) in [5.74, 6) is 0. The molecule has 0 saturated heterocycles. The van der Waals surface area contributed by atoms with Gasteiger partial charge in [-0.1, -0.05) is 12.4 Å². The molecule has 0 amide bonds. The first-order chi connectivity index (χ1) is 3.00. The molecular formula is C5H4CuN. The molecule has 2 heteroatoms. The molecular weight excluding hydrogens is 138 g/mol. The van der Waals surface area contributed by atoms with Crippen LogP contribution in [0.4, 0.5) is 0 Å². The molecule has 0 spiro atoms. The second kappa shape index (κ2) is 3.85. The average Bonchev–Trinajstić information content (AvgIpc) is 1.72. The molecule has 0 radical (unpaired) electrons. The summed E-state index contributed by atoms with van der Waals surface area (Å²) in [7, 11) is 0. The Morgan fingerprint density at radius 1 is 1.43 bits per heavy atom. The predicted molar refractivity (Wildman–Crippen MR) is 23.1 cm³/mol. The van der Waals surface area contributed by atoms with Crippen molar-refractivity contribution >= 4 is 0 Å². The van der Waals surface area contributed by atoms with Crippen LogP contribution >= 0.6 is 0 Å². The molecule has 0 N–H and O–H groups in total. The average molecular weight is 142 g/mol. The Balaban J connectivity index is 0.000000360. The molecule has 0 bridgehead atoms. The van der Waals surface area contributed by atoms with E-state index in [2.05, 4.69) is 11.1 Å². The number of pyridine rings is 1. The van der Waals surface area contributed by atoms with Gasteiger partial charge in [0.25, 0.3) is 0 Å². The minimum Gasteiger partial charge on any atom is -0.304 e. The largest absolute Gasteiger partial charge is 1.00 e. The first-order valence-electron chi connectivity index (χ1n) is 1.76. The maximum Gasteiger partial charge on any atom is 1.00 e. The zero-order chi connectivity index (χ0) is 4.24. The van der Waals surface area contributed by atoms with Crippen LogP contribution in [-0.4, -0.2) is 4.98 Å². The molecule has 1 aromatic heterocycles. The van der Waals surface area contributed by atoms with Gasteiger partial charge in [-0.2, -0.15) is 6.07 Å². The van der Waals surface area contributed by atoms with Crippen molar-refractivity contribution < 1.29 is 17.1 Å². The minimum absolute atomic E-state index is 0. The normalized spacial score (nSPS) is 6.86. The summed E-state index contributed by atoms with van der Waals surface area (Å²) >= 11 is 0. The summed E-state index contributed by atoms with van der Waals surface area (Å²) in [5.41, 5.74) is 0. The van der Waals surface area contributed by atoms with E-state index in [1.54, 1.807) is 12.4 Å². The molecule has 0 aliphatic rings. The van der Waals surface area contributed by atoms with Gasteiger partial charge in [-0.05, 0) is 0 Å². The van der Waals surface area contributed by atoms with E-state index in [4.69, 9.17) is 0 Å². The van der Waals surface area contributed by atoms with E-state index in [1.165, 1.54) is 0 Å². The van der Waals surface area contributed by atoms with Crippen molar-refractivity contribution in [3.8, 4) is 0 Å². The van der Waals surface area contributed by atoms with Gasteiger partial charge in [0, 0.05) is 0 Å². The van der Waals surface area contributed by atoms with Gasteiger partial charge in [0.1, 0.15) is 0 Å². The first-order valence-corrected chi connectivity index (χ1v) is 1.76. The van der Waals surface area contributed by atoms with Crippen LogP contribution in [0.3, 0.4) is 0 Å². The third-order valence-electron chi connectivity index (χ3n) is 0.514. The third kappa shape index (κ3) is 2.38. The minimum atomic E-state index is 0. The molecule has 1 heterocycles. The van der Waals surface area contributed by atoms with Crippen molar-refractivity contribution in [3.63, 3.8) is 0 Å². The fourth-order valence-corrected chi connectivity index (χ4v) is 0.277. The van der Waals surface area contributed by atoms with E-state index in [0.717, 1.165) is 0 Å². The maximum absolute atomic E-state index is 3.73. The molecule has 0 aromatic carbocycles. The van der Waals surface area contributed by atoms with Crippen molar-refractivity contribution in [1.29, 1.82) is 0 Å². The van der Waals surface area contributed by atoms with E-state index in [0.29, 0.717) is 0 Å². The number of nitrogens with zero attached hydrogens (tertiary/aromatic N) is 1. The number of hydrogen-bond donors (Lipinski definition) is 0. The van der Waals surface area contributed by atoms with Gasteiger partial charge < -0.3 is 4.98 Å². The van der Waals surface area contributed by atoms with Crippen LogP contribution in [0, 0.1) is 6.07 Å². The van der Waals surface area contributed by atoms with Gasteiger partial charge in [-0.3, -0.25) is 0 Å². The molecule has 40 valence electrons. The van der Waals surface area contributed by atoms with Crippen LogP contribution in [0.15, 0.2) is 24.5 Å². The third-order valence-corrected chi connectivity index (χ3v) is 0.514. The molecule has 1 aromatic rings. The summed E-state index contributed by atoms with van der Waals surface area (Å²) in [5, 5.41) is 0. The molecule has 1 nitrogen and oxygen atoms in total. The fraction of sp³-hybridized carbons (Fsp3) is 0. The van der Waals surface area contributed by atoms with Gasteiger partial charge in [0.15, 0.2) is 0 Å². The van der Waals surface area contributed by atoms with Crippen molar-refractivity contribution in [3.05, 3.63) is 30.6 Å². The van der Waals surface area contributed by atoms with Gasteiger partial charge in [0.05, 0.1) is 0 Å². The van der Waals surface area contributed by atoms with E-state index >= 15 is 0 Å². The summed E-state index contributed by atoms with van der Waals surface area (Å²) in [6, 6.07) is 6.43. The van der Waals surface area contributed by atoms with E-state index in [-0.39, 0.29) is 17.1 Å². The molecule has 1 rings (SSSR count). The van der Waals surface area contributed by atoms with E-state index in [1.807, 2.05) is 12.1 Å². The quantitative estimate of drug-likeness (QED) is 0.386. The molecule has 7 heavy (non-hydrogen) atoms. The number of rotatable bonds is 0. The Bertz CT molecular complexity index is 80.0. The Labute approximate surface area is 53.2 Å². The zero-order valence-corrected chi connectivity index (χ0v) is 4.50. The fourth-order valence-electron chi connectivity index (χ4n) is 0.277. The topological polar surface area (TPSA) is 12.9 Å². The SMILES string of the molecule is [Cu+].[c-]1cccnc1. The van der Waals surface area contributed by atoms with Gasteiger partial charge >= 0.3 is 17.1 Å². The van der Waals surface area contributed by atoms with Crippen molar-refractivity contribution in [2.75, 3.05) is 0 Å². The summed E-state index contributed by atoms with van der Waals surface area (Å²) in [4.78, 5) is 3.73. The molecule has 0 aliphatic heterocycles.